The van der Waals surface area contributed by atoms with Gasteiger partial charge < -0.3 is 15.2 Å². The van der Waals surface area contributed by atoms with E-state index < -0.39 is 35.0 Å². The highest BCUT2D eigenvalue weighted by Gasteiger charge is 2.52. The van der Waals surface area contributed by atoms with Crippen molar-refractivity contribution in [2.24, 2.45) is 17.8 Å². The first-order valence-electron chi connectivity index (χ1n) is 13.9. The Balaban J connectivity index is 1.08. The molecular weight excluding hydrogens is 518 g/mol. The summed E-state index contributed by atoms with van der Waals surface area (Å²) in [4.78, 5) is 38.2. The fourth-order valence-electron chi connectivity index (χ4n) is 6.57. The second-order valence-electron chi connectivity index (χ2n) is 11.7. The van der Waals surface area contributed by atoms with Crippen LogP contribution in [0.5, 0.6) is 0 Å². The van der Waals surface area contributed by atoms with E-state index in [4.69, 9.17) is 4.52 Å². The number of halogens is 2. The molecule has 0 bridgehead atoms. The van der Waals surface area contributed by atoms with Gasteiger partial charge in [-0.1, -0.05) is 5.16 Å². The molecule has 4 aliphatic rings. The molecule has 0 spiro atoms. The average molecular weight is 549 g/mol. The zero-order valence-electron chi connectivity index (χ0n) is 21.9. The van der Waals surface area contributed by atoms with E-state index in [1.165, 1.54) is 31.4 Å². The highest BCUT2D eigenvalue weighted by atomic mass is 19.1. The smallest absolute Gasteiger partial charge is 0.273 e. The Morgan fingerprint density at radius 1 is 1.05 bits per heavy atom. The number of benzene rings is 1. The van der Waals surface area contributed by atoms with E-state index >= 15 is 0 Å². The first-order chi connectivity index (χ1) is 19.4. The summed E-state index contributed by atoms with van der Waals surface area (Å²) in [5, 5.41) is 10.0. The van der Waals surface area contributed by atoms with Gasteiger partial charge in [0, 0.05) is 49.7 Å². The van der Waals surface area contributed by atoms with Gasteiger partial charge in [-0.3, -0.25) is 14.5 Å². The van der Waals surface area contributed by atoms with Crippen LogP contribution in [0.25, 0.3) is 11.3 Å². The lowest BCUT2D eigenvalue weighted by Gasteiger charge is -2.41. The van der Waals surface area contributed by atoms with E-state index in [1.807, 2.05) is 0 Å². The summed E-state index contributed by atoms with van der Waals surface area (Å²) in [6, 6.07) is 6.22. The molecule has 1 aromatic carbocycles. The fourth-order valence-corrected chi connectivity index (χ4v) is 6.57. The Hall–Kier alpha value is -3.73. The minimum Gasteiger partial charge on any atom is -0.355 e. The summed E-state index contributed by atoms with van der Waals surface area (Å²) in [6.45, 7) is 1.34. The molecule has 2 unspecified atom stereocenters. The lowest BCUT2D eigenvalue weighted by Crippen LogP contribution is -2.58. The molecule has 3 saturated carbocycles. The largest absolute Gasteiger partial charge is 0.355 e. The van der Waals surface area contributed by atoms with Gasteiger partial charge in [0.25, 0.3) is 5.91 Å². The number of fused-ring (bicyclic) bond motifs is 1. The van der Waals surface area contributed by atoms with Crippen LogP contribution in [0, 0.1) is 29.4 Å². The Bertz CT molecular complexity index is 1430. The summed E-state index contributed by atoms with van der Waals surface area (Å²) < 4.78 is 32.7. The van der Waals surface area contributed by atoms with E-state index in [2.05, 4.69) is 30.7 Å². The summed E-state index contributed by atoms with van der Waals surface area (Å²) in [5.41, 5.74) is -0.594. The van der Waals surface area contributed by atoms with Crippen molar-refractivity contribution in [3.63, 3.8) is 0 Å². The minimum absolute atomic E-state index is 0.00554. The van der Waals surface area contributed by atoms with Gasteiger partial charge in [0.15, 0.2) is 17.3 Å². The average Bonchev–Trinajstić information content (AvgIpc) is 3.79. The zero-order chi connectivity index (χ0) is 27.4. The lowest BCUT2D eigenvalue weighted by molar-refractivity contribution is -0.129. The van der Waals surface area contributed by atoms with Gasteiger partial charge in [-0.05, 0) is 68.6 Å². The topological polar surface area (TPSA) is 113 Å². The first-order valence-corrected chi connectivity index (χ1v) is 13.9. The van der Waals surface area contributed by atoms with Crippen molar-refractivity contribution in [1.29, 1.82) is 0 Å². The molecule has 40 heavy (non-hydrogen) atoms. The molecule has 4 fully saturated rings. The van der Waals surface area contributed by atoms with Crippen molar-refractivity contribution in [2.75, 3.05) is 13.1 Å². The van der Waals surface area contributed by atoms with Crippen molar-refractivity contribution in [1.82, 2.24) is 30.7 Å². The number of nitrogens with zero attached hydrogens (tertiary/aromatic N) is 4. The van der Waals surface area contributed by atoms with E-state index in [-0.39, 0.29) is 22.9 Å². The Labute approximate surface area is 229 Å². The lowest BCUT2D eigenvalue weighted by atomic mass is 9.89. The molecule has 0 radical (unpaired) electrons. The Morgan fingerprint density at radius 2 is 1.82 bits per heavy atom. The predicted molar refractivity (Wildman–Crippen MR) is 138 cm³/mol. The molecule has 4 atom stereocenters. The normalized spacial score (nSPS) is 28.5. The van der Waals surface area contributed by atoms with Gasteiger partial charge in [-0.2, -0.15) is 0 Å². The third-order valence-corrected chi connectivity index (χ3v) is 9.08. The summed E-state index contributed by atoms with van der Waals surface area (Å²) in [7, 11) is 0. The van der Waals surface area contributed by atoms with E-state index in [0.29, 0.717) is 24.8 Å². The number of carbonyl (C=O) groups excluding carboxylic acids is 2. The maximum Gasteiger partial charge on any atom is 0.273 e. The standard InChI is InChI=1S/C29H30F2N6O3/c30-18-2-3-20(22(31)13-18)25-14-24(36-40-25)27(39)34-23-4-9-37(19-11-16-10-17(16)12-19)15-21(23)26(38)35-29(5-6-29)28-32-7-1-8-33-28/h1-3,7-8,13-14,16-17,19,21,23H,4-6,9-12,15H2,(H,34,39)(H,35,38)/t16?,17?,19?,21-,23-/m0/s1. The Kier molecular flexibility index (Phi) is 6.14. The number of rotatable bonds is 7. The molecular formula is C29H30F2N6O3. The molecule has 3 aromatic rings. The number of hydrogen-bond acceptors (Lipinski definition) is 7. The predicted octanol–water partition coefficient (Wildman–Crippen LogP) is 3.43. The monoisotopic (exact) mass is 548 g/mol. The second-order valence-corrected chi connectivity index (χ2v) is 11.7. The molecule has 1 saturated heterocycles. The van der Waals surface area contributed by atoms with Crippen LogP contribution >= 0.6 is 0 Å². The fraction of sp³-hybridized carbons (Fsp3) is 0.483. The van der Waals surface area contributed by atoms with Gasteiger partial charge in [-0.25, -0.2) is 18.7 Å². The molecule has 2 amide bonds. The van der Waals surface area contributed by atoms with Crippen LogP contribution in [0.15, 0.2) is 47.2 Å². The van der Waals surface area contributed by atoms with Gasteiger partial charge in [0.1, 0.15) is 11.6 Å². The van der Waals surface area contributed by atoms with Gasteiger partial charge in [0.2, 0.25) is 5.91 Å². The number of likely N-dealkylation sites (tertiary alicyclic amines) is 1. The van der Waals surface area contributed by atoms with Crippen LogP contribution in [0.1, 0.15) is 54.8 Å². The van der Waals surface area contributed by atoms with Crippen molar-refractivity contribution in [3.8, 4) is 11.3 Å². The SMILES string of the molecule is O=C(N[C@H]1CCN(C2CC3CC3C2)C[C@@H]1C(=O)NC1(c2ncccn2)CC1)c1cc(-c2ccc(F)cc2F)on1. The molecule has 7 rings (SSSR count). The van der Waals surface area contributed by atoms with Crippen LogP contribution < -0.4 is 10.6 Å². The van der Waals surface area contributed by atoms with Crippen LogP contribution in [0.3, 0.4) is 0 Å². The number of carbonyl (C=O) groups is 2. The third-order valence-electron chi connectivity index (χ3n) is 9.08. The first kappa shape index (κ1) is 25.3. The molecule has 9 nitrogen and oxygen atoms in total. The van der Waals surface area contributed by atoms with Gasteiger partial charge in [-0.15, -0.1) is 0 Å². The second kappa shape index (κ2) is 9.72. The highest BCUT2D eigenvalue weighted by molar-refractivity contribution is 5.94. The van der Waals surface area contributed by atoms with Crippen molar-refractivity contribution in [2.45, 2.75) is 56.1 Å². The highest BCUT2D eigenvalue weighted by Crippen LogP contribution is 2.53. The minimum atomic E-state index is -0.812. The molecule has 3 heterocycles. The quantitative estimate of drug-likeness (QED) is 0.465. The molecule has 2 N–H and O–H groups in total. The van der Waals surface area contributed by atoms with E-state index in [0.717, 1.165) is 43.4 Å². The summed E-state index contributed by atoms with van der Waals surface area (Å²) in [6.07, 6.45) is 9.19. The number of hydrogen-bond donors (Lipinski definition) is 2. The molecule has 2 aromatic heterocycles. The zero-order valence-corrected chi connectivity index (χ0v) is 21.9. The van der Waals surface area contributed by atoms with Crippen LogP contribution in [-0.2, 0) is 10.3 Å². The van der Waals surface area contributed by atoms with Gasteiger partial charge in [0.05, 0.1) is 17.0 Å². The van der Waals surface area contributed by atoms with Crippen LogP contribution in [-0.4, -0.2) is 57.0 Å². The third kappa shape index (κ3) is 4.76. The number of amides is 2. The number of nitrogens with one attached hydrogen (secondary N) is 2. The maximum atomic E-state index is 14.2. The van der Waals surface area contributed by atoms with Gasteiger partial charge >= 0.3 is 0 Å². The van der Waals surface area contributed by atoms with Crippen molar-refractivity contribution < 1.29 is 22.9 Å². The van der Waals surface area contributed by atoms with Crippen molar-refractivity contribution in [3.05, 3.63) is 65.9 Å². The molecule has 208 valence electrons. The summed E-state index contributed by atoms with van der Waals surface area (Å²) in [5.74, 6) is -0.360. The van der Waals surface area contributed by atoms with Crippen LogP contribution in [0.2, 0.25) is 0 Å². The number of aromatic nitrogens is 3. The molecule has 11 heteroatoms. The van der Waals surface area contributed by atoms with Crippen molar-refractivity contribution >= 4 is 11.8 Å². The van der Waals surface area contributed by atoms with Crippen LogP contribution in [0.4, 0.5) is 8.78 Å². The Morgan fingerprint density at radius 3 is 2.55 bits per heavy atom. The molecule has 1 aliphatic heterocycles. The number of piperidine rings is 1. The van der Waals surface area contributed by atoms with E-state index in [9.17, 15) is 18.4 Å². The van der Waals surface area contributed by atoms with E-state index in [1.54, 1.807) is 18.5 Å². The summed E-state index contributed by atoms with van der Waals surface area (Å²) >= 11 is 0. The maximum absolute atomic E-state index is 14.2. The molecule has 3 aliphatic carbocycles.